The van der Waals surface area contributed by atoms with Crippen LogP contribution in [0.3, 0.4) is 0 Å². The third-order valence-corrected chi connectivity index (χ3v) is 4.14. The molecular weight excluding hydrogens is 356 g/mol. The highest BCUT2D eigenvalue weighted by molar-refractivity contribution is 5.94. The minimum absolute atomic E-state index is 0.0624. The Kier molecular flexibility index (Phi) is 5.78. The summed E-state index contributed by atoms with van der Waals surface area (Å²) in [5.74, 6) is 1.03. The van der Waals surface area contributed by atoms with Crippen molar-refractivity contribution in [3.63, 3.8) is 0 Å². The molecule has 144 valence electrons. The van der Waals surface area contributed by atoms with Crippen LogP contribution >= 0.6 is 0 Å². The summed E-state index contributed by atoms with van der Waals surface area (Å²) in [5.41, 5.74) is 2.10. The molecule has 0 fully saturated rings. The Morgan fingerprint density at radius 2 is 2.15 bits per heavy atom. The van der Waals surface area contributed by atoms with Gasteiger partial charge in [-0.3, -0.25) is 4.79 Å². The van der Waals surface area contributed by atoms with Gasteiger partial charge in [-0.15, -0.1) is 0 Å². The van der Waals surface area contributed by atoms with E-state index in [9.17, 15) is 13.6 Å². The Bertz CT molecular complexity index is 826. The van der Waals surface area contributed by atoms with E-state index in [2.05, 4.69) is 10.1 Å². The van der Waals surface area contributed by atoms with Gasteiger partial charge >= 0.3 is 6.61 Å². The third-order valence-electron chi connectivity index (χ3n) is 4.14. The van der Waals surface area contributed by atoms with E-state index in [-0.39, 0.29) is 24.0 Å². The van der Waals surface area contributed by atoms with Crippen molar-refractivity contribution in [2.45, 2.75) is 39.5 Å². The minimum Gasteiger partial charge on any atom is -0.494 e. The van der Waals surface area contributed by atoms with Gasteiger partial charge in [0.15, 0.2) is 0 Å². The molecule has 0 saturated carbocycles. The monoisotopic (exact) mass is 377 g/mol. The van der Waals surface area contributed by atoms with Crippen LogP contribution in [-0.2, 0) is 13.0 Å². The molecule has 0 saturated heterocycles. The number of alkyl halides is 2. The first kappa shape index (κ1) is 18.9. The molecule has 1 N–H and O–H groups in total. The van der Waals surface area contributed by atoms with Crippen molar-refractivity contribution in [3.05, 3.63) is 53.1 Å². The van der Waals surface area contributed by atoms with E-state index in [0.717, 1.165) is 23.3 Å². The SMILES string of the molecule is CCOc1cc2c(cc1CNC(=O)c1cccc(OC(F)F)c1)OC(C)C2. The van der Waals surface area contributed by atoms with Crippen LogP contribution in [0.25, 0.3) is 0 Å². The van der Waals surface area contributed by atoms with Crippen LogP contribution in [-0.4, -0.2) is 25.2 Å². The fraction of sp³-hybridized carbons (Fsp3) is 0.350. The molecule has 1 aliphatic rings. The number of hydrogen-bond donors (Lipinski definition) is 1. The third kappa shape index (κ3) is 4.67. The zero-order valence-corrected chi connectivity index (χ0v) is 15.1. The van der Waals surface area contributed by atoms with Crippen LogP contribution in [0.4, 0.5) is 8.78 Å². The van der Waals surface area contributed by atoms with Gasteiger partial charge in [-0.25, -0.2) is 0 Å². The normalized spacial score (nSPS) is 15.2. The van der Waals surface area contributed by atoms with Crippen LogP contribution in [0.15, 0.2) is 36.4 Å². The van der Waals surface area contributed by atoms with Gasteiger partial charge in [-0.1, -0.05) is 6.07 Å². The summed E-state index contributed by atoms with van der Waals surface area (Å²) in [6.07, 6.45) is 0.927. The summed E-state index contributed by atoms with van der Waals surface area (Å²) in [6, 6.07) is 9.49. The minimum atomic E-state index is -2.94. The molecule has 0 aromatic heterocycles. The largest absolute Gasteiger partial charge is 0.494 e. The maximum Gasteiger partial charge on any atom is 0.387 e. The van der Waals surface area contributed by atoms with Gasteiger partial charge in [0.2, 0.25) is 0 Å². The lowest BCUT2D eigenvalue weighted by atomic mass is 10.1. The number of hydrogen-bond acceptors (Lipinski definition) is 4. The van der Waals surface area contributed by atoms with E-state index in [4.69, 9.17) is 9.47 Å². The number of halogens is 2. The fourth-order valence-corrected chi connectivity index (χ4v) is 3.00. The Morgan fingerprint density at radius 1 is 1.33 bits per heavy atom. The predicted molar refractivity (Wildman–Crippen MR) is 95.6 cm³/mol. The predicted octanol–water partition coefficient (Wildman–Crippen LogP) is 3.94. The molecular formula is C20H21F2NO4. The van der Waals surface area contributed by atoms with Gasteiger partial charge in [-0.2, -0.15) is 8.78 Å². The first-order chi connectivity index (χ1) is 13.0. The number of benzene rings is 2. The van der Waals surface area contributed by atoms with Crippen LogP contribution in [0.2, 0.25) is 0 Å². The van der Waals surface area contributed by atoms with Crippen LogP contribution in [0, 0.1) is 0 Å². The second kappa shape index (κ2) is 8.24. The molecule has 2 aromatic carbocycles. The summed E-state index contributed by atoms with van der Waals surface area (Å²) in [6.45, 7) is 1.67. The molecule has 1 heterocycles. The van der Waals surface area contributed by atoms with Crippen LogP contribution < -0.4 is 19.5 Å². The van der Waals surface area contributed by atoms with Gasteiger partial charge in [-0.05, 0) is 44.2 Å². The number of carbonyl (C=O) groups is 1. The van der Waals surface area contributed by atoms with Crippen molar-refractivity contribution < 1.29 is 27.8 Å². The molecule has 27 heavy (non-hydrogen) atoms. The number of rotatable bonds is 7. The van der Waals surface area contributed by atoms with Gasteiger partial charge in [0.1, 0.15) is 23.4 Å². The maximum atomic E-state index is 12.4. The van der Waals surface area contributed by atoms with Crippen LogP contribution in [0.1, 0.15) is 35.3 Å². The van der Waals surface area contributed by atoms with Gasteiger partial charge < -0.3 is 19.5 Å². The summed E-state index contributed by atoms with van der Waals surface area (Å²) < 4.78 is 40.4. The molecule has 1 aliphatic heterocycles. The lowest BCUT2D eigenvalue weighted by Gasteiger charge is -2.13. The molecule has 1 amide bonds. The highest BCUT2D eigenvalue weighted by Gasteiger charge is 2.22. The first-order valence-corrected chi connectivity index (χ1v) is 8.74. The molecule has 7 heteroatoms. The Labute approximate surface area is 156 Å². The second-order valence-corrected chi connectivity index (χ2v) is 6.22. The molecule has 2 aromatic rings. The number of amides is 1. The molecule has 5 nitrogen and oxygen atoms in total. The van der Waals surface area contributed by atoms with E-state index in [0.29, 0.717) is 12.4 Å². The van der Waals surface area contributed by atoms with E-state index < -0.39 is 12.5 Å². The molecule has 0 aliphatic carbocycles. The van der Waals surface area contributed by atoms with E-state index >= 15 is 0 Å². The quantitative estimate of drug-likeness (QED) is 0.794. The summed E-state index contributed by atoms with van der Waals surface area (Å²) in [5, 5.41) is 2.78. The standard InChI is InChI=1S/C20H21F2NO4/c1-3-25-17-9-14-7-12(2)26-18(14)10-15(17)11-23-19(24)13-5-4-6-16(8-13)27-20(21)22/h4-6,8-10,12,20H,3,7,11H2,1-2H3,(H,23,24). The van der Waals surface area contributed by atoms with Gasteiger partial charge in [0.05, 0.1) is 6.61 Å². The Morgan fingerprint density at radius 3 is 2.89 bits per heavy atom. The Balaban J connectivity index is 1.72. The molecule has 1 unspecified atom stereocenters. The number of carbonyl (C=O) groups excluding carboxylic acids is 1. The zero-order valence-electron chi connectivity index (χ0n) is 15.1. The average molecular weight is 377 g/mol. The zero-order chi connectivity index (χ0) is 19.4. The summed E-state index contributed by atoms with van der Waals surface area (Å²) >= 11 is 0. The maximum absolute atomic E-state index is 12.4. The van der Waals surface area contributed by atoms with Crippen molar-refractivity contribution >= 4 is 5.91 Å². The van der Waals surface area contributed by atoms with Crippen LogP contribution in [0.5, 0.6) is 17.2 Å². The first-order valence-electron chi connectivity index (χ1n) is 8.74. The van der Waals surface area contributed by atoms with Gasteiger partial charge in [0, 0.05) is 29.7 Å². The smallest absolute Gasteiger partial charge is 0.387 e. The van der Waals surface area contributed by atoms with Crippen molar-refractivity contribution in [2.75, 3.05) is 6.61 Å². The summed E-state index contributed by atoms with van der Waals surface area (Å²) in [7, 11) is 0. The molecule has 0 spiro atoms. The van der Waals surface area contributed by atoms with E-state index in [1.165, 1.54) is 24.3 Å². The number of fused-ring (bicyclic) bond motifs is 1. The Hall–Kier alpha value is -2.83. The highest BCUT2D eigenvalue weighted by atomic mass is 19.3. The van der Waals surface area contributed by atoms with E-state index in [1.54, 1.807) is 0 Å². The topological polar surface area (TPSA) is 56.8 Å². The van der Waals surface area contributed by atoms with Crippen molar-refractivity contribution in [1.82, 2.24) is 5.32 Å². The molecule has 0 bridgehead atoms. The highest BCUT2D eigenvalue weighted by Crippen LogP contribution is 2.35. The lowest BCUT2D eigenvalue weighted by molar-refractivity contribution is -0.0498. The lowest BCUT2D eigenvalue weighted by Crippen LogP contribution is -2.23. The average Bonchev–Trinajstić information content (AvgIpc) is 2.98. The van der Waals surface area contributed by atoms with E-state index in [1.807, 2.05) is 26.0 Å². The second-order valence-electron chi connectivity index (χ2n) is 6.22. The van der Waals surface area contributed by atoms with Crippen molar-refractivity contribution in [3.8, 4) is 17.2 Å². The molecule has 3 rings (SSSR count). The van der Waals surface area contributed by atoms with Crippen molar-refractivity contribution in [2.24, 2.45) is 0 Å². The summed E-state index contributed by atoms with van der Waals surface area (Å²) in [4.78, 5) is 12.4. The number of ether oxygens (including phenoxy) is 3. The number of nitrogens with one attached hydrogen (secondary N) is 1. The molecule has 0 radical (unpaired) electrons. The fourth-order valence-electron chi connectivity index (χ4n) is 3.00. The van der Waals surface area contributed by atoms with Gasteiger partial charge in [0.25, 0.3) is 5.91 Å². The molecule has 1 atom stereocenters. The van der Waals surface area contributed by atoms with Crippen molar-refractivity contribution in [1.29, 1.82) is 0 Å².